The number of β-lactam (4-membered cyclic amide) rings is 1. The fourth-order valence-electron chi connectivity index (χ4n) is 7.44. The molecule has 2 saturated heterocycles. The fraction of sp³-hybridized carbons (Fsp3) is 0.464. The van der Waals surface area contributed by atoms with E-state index < -0.39 is 16.1 Å². The summed E-state index contributed by atoms with van der Waals surface area (Å²) in [6.45, 7) is 4.99. The molecule has 2 saturated carbocycles. The van der Waals surface area contributed by atoms with E-state index in [9.17, 15) is 13.2 Å². The smallest absolute Gasteiger partial charge is 0.244 e. The van der Waals surface area contributed by atoms with Crippen molar-refractivity contribution in [3.8, 4) is 0 Å². The largest absolute Gasteiger partial charge is 0.328 e. The SMILES string of the molecule is CC1(C)[C@H]2CC[C@@]13CS(=O)(=O)N([C@@H]1C(=O)N(Cc4ccccc4)[C@@H]1/C=C/c1ccccc1)[C@H]3C2. The van der Waals surface area contributed by atoms with E-state index in [-0.39, 0.29) is 34.6 Å². The summed E-state index contributed by atoms with van der Waals surface area (Å²) < 4.78 is 28.9. The van der Waals surface area contributed by atoms with E-state index in [2.05, 4.69) is 13.8 Å². The normalized spacial score (nSPS) is 35.6. The van der Waals surface area contributed by atoms with Crippen molar-refractivity contribution < 1.29 is 13.2 Å². The number of rotatable bonds is 5. The topological polar surface area (TPSA) is 57.7 Å². The summed E-state index contributed by atoms with van der Waals surface area (Å²) in [4.78, 5) is 15.4. The van der Waals surface area contributed by atoms with Crippen LogP contribution in [-0.2, 0) is 21.4 Å². The van der Waals surface area contributed by atoms with Gasteiger partial charge in [-0.05, 0) is 41.7 Å². The number of hydrogen-bond acceptors (Lipinski definition) is 3. The summed E-state index contributed by atoms with van der Waals surface area (Å²) in [6.07, 6.45) is 6.98. The maximum Gasteiger partial charge on any atom is 0.244 e. The Kier molecular flexibility index (Phi) is 4.88. The molecule has 6 rings (SSSR count). The molecular formula is C28H32N2O3S. The molecule has 1 spiro atoms. The van der Waals surface area contributed by atoms with E-state index in [1.165, 1.54) is 0 Å². The highest BCUT2D eigenvalue weighted by Gasteiger charge is 2.74. The number of carbonyl (C=O) groups excluding carboxylic acids is 1. The van der Waals surface area contributed by atoms with E-state index in [0.717, 1.165) is 30.4 Å². The molecule has 2 aliphatic carbocycles. The van der Waals surface area contributed by atoms with Crippen LogP contribution in [0, 0.1) is 16.7 Å². The van der Waals surface area contributed by atoms with E-state index in [4.69, 9.17) is 0 Å². The number of likely N-dealkylation sites (tertiary alicyclic amines) is 1. The van der Waals surface area contributed by atoms with Crippen LogP contribution in [0.4, 0.5) is 0 Å². The van der Waals surface area contributed by atoms with Crippen molar-refractivity contribution in [2.24, 2.45) is 16.7 Å². The first kappa shape index (κ1) is 22.1. The van der Waals surface area contributed by atoms with Gasteiger partial charge in [-0.15, -0.1) is 0 Å². The van der Waals surface area contributed by atoms with Gasteiger partial charge in [-0.1, -0.05) is 86.7 Å². The zero-order valence-corrected chi connectivity index (χ0v) is 20.6. The summed E-state index contributed by atoms with van der Waals surface area (Å²) in [5.74, 6) is 0.642. The molecular weight excluding hydrogens is 444 g/mol. The van der Waals surface area contributed by atoms with Crippen molar-refractivity contribution in [1.82, 2.24) is 9.21 Å². The van der Waals surface area contributed by atoms with Crippen molar-refractivity contribution in [3.05, 3.63) is 77.9 Å². The first-order valence-electron chi connectivity index (χ1n) is 12.3. The van der Waals surface area contributed by atoms with Crippen LogP contribution in [0.25, 0.3) is 6.08 Å². The second kappa shape index (κ2) is 7.53. The van der Waals surface area contributed by atoms with Gasteiger partial charge in [0.25, 0.3) is 0 Å². The second-order valence-electron chi connectivity index (χ2n) is 11.1. The molecule has 2 aliphatic heterocycles. The van der Waals surface area contributed by atoms with Crippen LogP contribution in [0.5, 0.6) is 0 Å². The number of carbonyl (C=O) groups is 1. The predicted molar refractivity (Wildman–Crippen MR) is 133 cm³/mol. The lowest BCUT2D eigenvalue weighted by atomic mass is 9.68. The molecule has 2 aromatic rings. The first-order valence-corrected chi connectivity index (χ1v) is 13.9. The van der Waals surface area contributed by atoms with Crippen molar-refractivity contribution in [2.45, 2.75) is 57.8 Å². The maximum absolute atomic E-state index is 13.6. The summed E-state index contributed by atoms with van der Waals surface area (Å²) in [5.41, 5.74) is 1.85. The molecule has 2 heterocycles. The van der Waals surface area contributed by atoms with Gasteiger partial charge in [-0.2, -0.15) is 4.31 Å². The van der Waals surface area contributed by atoms with Crippen molar-refractivity contribution in [1.29, 1.82) is 0 Å². The van der Waals surface area contributed by atoms with Crippen LogP contribution in [-0.4, -0.2) is 47.4 Å². The third-order valence-corrected chi connectivity index (χ3v) is 11.4. The number of benzene rings is 2. The zero-order chi connectivity index (χ0) is 23.7. The maximum atomic E-state index is 13.6. The molecule has 4 aliphatic rings. The van der Waals surface area contributed by atoms with Gasteiger partial charge in [-0.25, -0.2) is 8.42 Å². The Labute approximate surface area is 202 Å². The Balaban J connectivity index is 1.36. The van der Waals surface area contributed by atoms with Gasteiger partial charge in [0.2, 0.25) is 15.9 Å². The van der Waals surface area contributed by atoms with E-state index >= 15 is 0 Å². The van der Waals surface area contributed by atoms with Crippen LogP contribution in [0.1, 0.15) is 44.2 Å². The molecule has 5 nitrogen and oxygen atoms in total. The average molecular weight is 477 g/mol. The van der Waals surface area contributed by atoms with E-state index in [1.807, 2.05) is 77.7 Å². The van der Waals surface area contributed by atoms with Crippen LogP contribution in [0.3, 0.4) is 0 Å². The highest BCUT2D eigenvalue weighted by Crippen LogP contribution is 2.70. The summed E-state index contributed by atoms with van der Waals surface area (Å²) in [5, 5.41) is 0. The first-order chi connectivity index (χ1) is 16.2. The van der Waals surface area contributed by atoms with Gasteiger partial charge in [0.05, 0.1) is 11.8 Å². The second-order valence-corrected chi connectivity index (χ2v) is 13.0. The number of fused-ring (bicyclic) bond motifs is 1. The molecule has 2 aromatic carbocycles. The monoisotopic (exact) mass is 476 g/mol. The summed E-state index contributed by atoms with van der Waals surface area (Å²) in [6, 6.07) is 18.9. The van der Waals surface area contributed by atoms with Crippen LogP contribution >= 0.6 is 0 Å². The Morgan fingerprint density at radius 1 is 1.03 bits per heavy atom. The number of hydrogen-bond donors (Lipinski definition) is 0. The molecule has 0 radical (unpaired) electrons. The lowest BCUT2D eigenvalue weighted by molar-refractivity contribution is -0.155. The Morgan fingerprint density at radius 3 is 2.38 bits per heavy atom. The molecule has 34 heavy (non-hydrogen) atoms. The zero-order valence-electron chi connectivity index (χ0n) is 19.8. The van der Waals surface area contributed by atoms with Crippen LogP contribution in [0.15, 0.2) is 66.7 Å². The molecule has 178 valence electrons. The van der Waals surface area contributed by atoms with Gasteiger partial charge in [0.1, 0.15) is 6.04 Å². The van der Waals surface area contributed by atoms with Crippen LogP contribution in [0.2, 0.25) is 0 Å². The Hall–Kier alpha value is -2.44. The van der Waals surface area contributed by atoms with Gasteiger partial charge in [0, 0.05) is 18.0 Å². The molecule has 0 N–H and O–H groups in total. The van der Waals surface area contributed by atoms with Gasteiger partial charge in [0.15, 0.2) is 0 Å². The highest BCUT2D eigenvalue weighted by molar-refractivity contribution is 7.89. The Bertz CT molecular complexity index is 1240. The molecule has 2 bridgehead atoms. The lowest BCUT2D eigenvalue weighted by Crippen LogP contribution is -2.71. The third-order valence-electron chi connectivity index (χ3n) is 9.43. The van der Waals surface area contributed by atoms with E-state index in [1.54, 1.807) is 4.31 Å². The number of nitrogens with zero attached hydrogens (tertiary/aromatic N) is 2. The number of sulfonamides is 1. The van der Waals surface area contributed by atoms with Gasteiger partial charge in [-0.3, -0.25) is 4.79 Å². The standard InChI is InChI=1S/C28H32N2O3S/c1-27(2)22-15-16-28(27)19-34(32,33)30(24(28)17-22)25-23(14-13-20-9-5-3-6-10-20)29(26(25)31)18-21-11-7-4-8-12-21/h3-14,22-25H,15-19H2,1-2H3/b14-13+/t22-,23+,24-,25-,28-/m0/s1. The molecule has 5 atom stereocenters. The average Bonchev–Trinajstić information content (AvgIpc) is 3.30. The Morgan fingerprint density at radius 2 is 1.71 bits per heavy atom. The lowest BCUT2D eigenvalue weighted by Gasteiger charge is -2.51. The number of amides is 1. The predicted octanol–water partition coefficient (Wildman–Crippen LogP) is 4.32. The minimum absolute atomic E-state index is 0.00855. The minimum Gasteiger partial charge on any atom is -0.328 e. The van der Waals surface area contributed by atoms with Gasteiger partial charge >= 0.3 is 0 Å². The van der Waals surface area contributed by atoms with Crippen molar-refractivity contribution in [2.75, 3.05) is 5.75 Å². The van der Waals surface area contributed by atoms with Gasteiger partial charge < -0.3 is 4.90 Å². The van der Waals surface area contributed by atoms with Crippen molar-refractivity contribution >= 4 is 22.0 Å². The molecule has 6 heteroatoms. The van der Waals surface area contributed by atoms with Crippen molar-refractivity contribution in [3.63, 3.8) is 0 Å². The molecule has 1 amide bonds. The molecule has 0 aromatic heterocycles. The summed E-state index contributed by atoms with van der Waals surface area (Å²) in [7, 11) is -3.51. The van der Waals surface area contributed by atoms with E-state index in [0.29, 0.717) is 12.5 Å². The highest BCUT2D eigenvalue weighted by atomic mass is 32.2. The molecule has 0 unspecified atom stereocenters. The van der Waals surface area contributed by atoms with Crippen LogP contribution < -0.4 is 0 Å². The third kappa shape index (κ3) is 3.01. The quantitative estimate of drug-likeness (QED) is 0.604. The fourth-order valence-corrected chi connectivity index (χ4v) is 10.2. The summed E-state index contributed by atoms with van der Waals surface area (Å²) >= 11 is 0. The minimum atomic E-state index is -3.51. The molecule has 4 fully saturated rings.